The zero-order valence-electron chi connectivity index (χ0n) is 16.6. The van der Waals surface area contributed by atoms with Crippen LogP contribution in [0.4, 0.5) is 19.0 Å². The van der Waals surface area contributed by atoms with Crippen molar-refractivity contribution in [3.05, 3.63) is 56.1 Å². The molecule has 10 heteroatoms. The third kappa shape index (κ3) is 4.95. The number of pyridine rings is 2. The van der Waals surface area contributed by atoms with Gasteiger partial charge in [-0.25, -0.2) is 4.98 Å². The number of piperidine rings is 1. The number of nitrogens with zero attached hydrogens (tertiary/aromatic N) is 2. The van der Waals surface area contributed by atoms with Gasteiger partial charge >= 0.3 is 6.18 Å². The highest BCUT2D eigenvalue weighted by Crippen LogP contribution is 2.34. The van der Waals surface area contributed by atoms with Crippen molar-refractivity contribution >= 4 is 23.3 Å². The van der Waals surface area contributed by atoms with E-state index in [0.717, 1.165) is 23.5 Å². The van der Waals surface area contributed by atoms with Gasteiger partial charge in [0, 0.05) is 43.0 Å². The normalized spacial score (nSPS) is 15.3. The fourth-order valence-electron chi connectivity index (χ4n) is 3.59. The summed E-state index contributed by atoms with van der Waals surface area (Å²) in [4.78, 5) is 33.0. The van der Waals surface area contributed by atoms with E-state index in [1.807, 2.05) is 13.0 Å². The van der Waals surface area contributed by atoms with E-state index >= 15 is 0 Å². The smallest absolute Gasteiger partial charge is 0.355 e. The Bertz CT molecular complexity index is 999. The number of alkyl halides is 3. The summed E-state index contributed by atoms with van der Waals surface area (Å²) in [6.07, 6.45) is -2.72. The maximum absolute atomic E-state index is 12.8. The van der Waals surface area contributed by atoms with Gasteiger partial charge in [0.25, 0.3) is 5.56 Å². The van der Waals surface area contributed by atoms with E-state index in [1.54, 1.807) is 11.8 Å². The molecule has 0 radical (unpaired) electrons. The number of rotatable bonds is 4. The monoisotopic (exact) mass is 442 g/mol. The summed E-state index contributed by atoms with van der Waals surface area (Å²) >= 11 is 6.01. The number of aryl methyl sites for hydroxylation is 2. The van der Waals surface area contributed by atoms with Gasteiger partial charge in [-0.2, -0.15) is 13.2 Å². The van der Waals surface area contributed by atoms with Crippen molar-refractivity contribution in [1.29, 1.82) is 0 Å². The van der Waals surface area contributed by atoms with Crippen LogP contribution in [0.5, 0.6) is 0 Å². The largest absolute Gasteiger partial charge is 0.417 e. The number of amides is 1. The molecule has 2 aromatic heterocycles. The molecule has 1 saturated heterocycles. The summed E-state index contributed by atoms with van der Waals surface area (Å²) in [6.45, 7) is 4.65. The first-order chi connectivity index (χ1) is 14.1. The van der Waals surface area contributed by atoms with Gasteiger partial charge in [0.05, 0.1) is 10.6 Å². The highest BCUT2D eigenvalue weighted by atomic mass is 35.5. The number of halogens is 4. The molecule has 3 heterocycles. The standard InChI is InChI=1S/C20H22ClF3N4O2/c1-11-7-12(2)27-19(30)15(11)10-26-18(29)13-3-5-28(6-4-13)17-16(21)8-14(9-25-17)20(22,23)24/h7-9,13H,3-6,10H2,1-2H3,(H,26,29)(H,27,30). The molecule has 1 aliphatic heterocycles. The van der Waals surface area contributed by atoms with Crippen LogP contribution < -0.4 is 15.8 Å². The topological polar surface area (TPSA) is 78.1 Å². The first kappa shape index (κ1) is 22.1. The second-order valence-electron chi connectivity index (χ2n) is 7.45. The van der Waals surface area contributed by atoms with Crippen molar-refractivity contribution in [2.75, 3.05) is 18.0 Å². The number of nitrogens with one attached hydrogen (secondary N) is 2. The Labute approximate surface area is 176 Å². The van der Waals surface area contributed by atoms with E-state index in [2.05, 4.69) is 15.3 Å². The molecule has 2 N–H and O–H groups in total. The number of H-pyrrole nitrogens is 1. The van der Waals surface area contributed by atoms with E-state index in [-0.39, 0.29) is 34.8 Å². The minimum atomic E-state index is -4.50. The van der Waals surface area contributed by atoms with Gasteiger partial charge < -0.3 is 15.2 Å². The minimum absolute atomic E-state index is 0.0678. The number of aromatic amines is 1. The van der Waals surface area contributed by atoms with Gasteiger partial charge in [-0.05, 0) is 44.4 Å². The lowest BCUT2D eigenvalue weighted by Gasteiger charge is -2.32. The Morgan fingerprint density at radius 1 is 1.30 bits per heavy atom. The second-order valence-corrected chi connectivity index (χ2v) is 7.86. The predicted molar refractivity (Wildman–Crippen MR) is 108 cm³/mol. The molecule has 30 heavy (non-hydrogen) atoms. The number of aromatic nitrogens is 2. The molecule has 0 bridgehead atoms. The highest BCUT2D eigenvalue weighted by molar-refractivity contribution is 6.33. The van der Waals surface area contributed by atoms with Gasteiger partial charge in [0.1, 0.15) is 5.82 Å². The van der Waals surface area contributed by atoms with Gasteiger partial charge in [-0.3, -0.25) is 9.59 Å². The quantitative estimate of drug-likeness (QED) is 0.758. The first-order valence-electron chi connectivity index (χ1n) is 9.51. The van der Waals surface area contributed by atoms with Crippen molar-refractivity contribution in [2.24, 2.45) is 5.92 Å². The Balaban J connectivity index is 1.58. The van der Waals surface area contributed by atoms with Crippen molar-refractivity contribution in [2.45, 2.75) is 39.4 Å². The number of anilines is 1. The third-order valence-corrected chi connectivity index (χ3v) is 5.53. The summed E-state index contributed by atoms with van der Waals surface area (Å²) in [5.74, 6) is -0.120. The molecule has 162 valence electrons. The van der Waals surface area contributed by atoms with E-state index in [1.165, 1.54) is 0 Å². The predicted octanol–water partition coefficient (Wildman–Crippen LogP) is 3.59. The number of hydrogen-bond acceptors (Lipinski definition) is 4. The van der Waals surface area contributed by atoms with E-state index in [0.29, 0.717) is 31.5 Å². The average Bonchev–Trinajstić information content (AvgIpc) is 2.66. The Morgan fingerprint density at radius 3 is 2.53 bits per heavy atom. The van der Waals surface area contributed by atoms with Crippen LogP contribution >= 0.6 is 11.6 Å². The summed E-state index contributed by atoms with van der Waals surface area (Å²) < 4.78 is 38.3. The van der Waals surface area contributed by atoms with Gasteiger partial charge in [0.15, 0.2) is 0 Å². The number of hydrogen-bond donors (Lipinski definition) is 2. The van der Waals surface area contributed by atoms with E-state index < -0.39 is 11.7 Å². The number of carbonyl (C=O) groups excluding carboxylic acids is 1. The molecule has 3 rings (SSSR count). The van der Waals surface area contributed by atoms with Crippen molar-refractivity contribution in [3.63, 3.8) is 0 Å². The van der Waals surface area contributed by atoms with E-state index in [4.69, 9.17) is 11.6 Å². The Kier molecular flexibility index (Phi) is 6.40. The highest BCUT2D eigenvalue weighted by Gasteiger charge is 2.33. The molecule has 1 aliphatic rings. The molecule has 0 atom stereocenters. The van der Waals surface area contributed by atoms with Crippen LogP contribution in [0.2, 0.25) is 5.02 Å². The molecule has 6 nitrogen and oxygen atoms in total. The van der Waals surface area contributed by atoms with Crippen LogP contribution in [0.1, 0.15) is 35.2 Å². The Hall–Kier alpha value is -2.55. The van der Waals surface area contributed by atoms with Gasteiger partial charge in [-0.15, -0.1) is 0 Å². The van der Waals surface area contributed by atoms with Gasteiger partial charge in [-0.1, -0.05) is 11.6 Å². The van der Waals surface area contributed by atoms with Crippen LogP contribution in [0.25, 0.3) is 0 Å². The minimum Gasteiger partial charge on any atom is -0.355 e. The average molecular weight is 443 g/mol. The lowest BCUT2D eigenvalue weighted by molar-refractivity contribution is -0.137. The van der Waals surface area contributed by atoms with Crippen LogP contribution in [0.15, 0.2) is 23.1 Å². The SMILES string of the molecule is Cc1cc(C)c(CNC(=O)C2CCN(c3ncc(C(F)(F)F)cc3Cl)CC2)c(=O)[nH]1. The molecule has 1 fully saturated rings. The molecule has 1 amide bonds. The van der Waals surface area contributed by atoms with E-state index in [9.17, 15) is 22.8 Å². The molecule has 0 aromatic carbocycles. The van der Waals surface area contributed by atoms with Crippen LogP contribution in [0, 0.1) is 19.8 Å². The summed E-state index contributed by atoms with van der Waals surface area (Å²) in [5.41, 5.74) is 0.981. The third-order valence-electron chi connectivity index (χ3n) is 5.25. The molecule has 2 aromatic rings. The molecule has 0 spiro atoms. The van der Waals surface area contributed by atoms with Gasteiger partial charge in [0.2, 0.25) is 5.91 Å². The van der Waals surface area contributed by atoms with Crippen molar-refractivity contribution in [3.8, 4) is 0 Å². The van der Waals surface area contributed by atoms with Crippen LogP contribution in [-0.4, -0.2) is 29.0 Å². The van der Waals surface area contributed by atoms with Crippen molar-refractivity contribution in [1.82, 2.24) is 15.3 Å². The number of carbonyl (C=O) groups is 1. The zero-order chi connectivity index (χ0) is 22.1. The summed E-state index contributed by atoms with van der Waals surface area (Å²) in [7, 11) is 0. The molecule has 0 saturated carbocycles. The molecular formula is C20H22ClF3N4O2. The zero-order valence-corrected chi connectivity index (χ0v) is 17.3. The fourth-order valence-corrected chi connectivity index (χ4v) is 3.88. The maximum Gasteiger partial charge on any atom is 0.417 e. The van der Waals surface area contributed by atoms with Crippen LogP contribution in [0.3, 0.4) is 0 Å². The summed E-state index contributed by atoms with van der Waals surface area (Å²) in [5, 5.41) is 2.75. The lowest BCUT2D eigenvalue weighted by Crippen LogP contribution is -2.41. The van der Waals surface area contributed by atoms with Crippen molar-refractivity contribution < 1.29 is 18.0 Å². The lowest BCUT2D eigenvalue weighted by atomic mass is 9.95. The second kappa shape index (κ2) is 8.67. The summed E-state index contributed by atoms with van der Waals surface area (Å²) in [6, 6.07) is 2.71. The molecule has 0 unspecified atom stereocenters. The first-order valence-corrected chi connectivity index (χ1v) is 9.89. The Morgan fingerprint density at radius 2 is 1.97 bits per heavy atom. The van der Waals surface area contributed by atoms with Crippen LogP contribution in [-0.2, 0) is 17.5 Å². The maximum atomic E-state index is 12.8. The molecular weight excluding hydrogens is 421 g/mol. The molecule has 0 aliphatic carbocycles. The fraction of sp³-hybridized carbons (Fsp3) is 0.450.